The minimum Gasteiger partial charge on any atom is -0.378 e. The van der Waals surface area contributed by atoms with Crippen LogP contribution in [0.25, 0.3) is 0 Å². The largest absolute Gasteiger partial charge is 0.378 e. The highest BCUT2D eigenvalue weighted by Gasteiger charge is 2.62. The molecule has 0 aromatic heterocycles. The van der Waals surface area contributed by atoms with Crippen molar-refractivity contribution in [1.82, 2.24) is 10.2 Å². The molecule has 0 bridgehead atoms. The zero-order valence-corrected chi connectivity index (χ0v) is 13.7. The Morgan fingerprint density at radius 2 is 1.95 bits per heavy atom. The molecule has 0 aliphatic heterocycles. The molecule has 0 spiro atoms. The Morgan fingerprint density at radius 3 is 2.40 bits per heavy atom. The van der Waals surface area contributed by atoms with E-state index in [0.717, 1.165) is 19.6 Å². The summed E-state index contributed by atoms with van der Waals surface area (Å²) >= 11 is 0. The number of ether oxygens (including phenoxy) is 1. The van der Waals surface area contributed by atoms with Gasteiger partial charge in [0.1, 0.15) is 5.54 Å². The fourth-order valence-electron chi connectivity index (χ4n) is 2.85. The number of carbonyl (C=O) groups excluding carboxylic acids is 1. The molecule has 5 nitrogen and oxygen atoms in total. The SMILES string of the molecule is CCOC1CC(N)(C(=O)NCCN(CC)CC)C1(C)C. The Bertz CT molecular complexity index is 329. The van der Waals surface area contributed by atoms with Crippen LogP contribution in [0.4, 0.5) is 0 Å². The first kappa shape index (κ1) is 17.4. The molecule has 0 aromatic rings. The number of amides is 1. The minimum absolute atomic E-state index is 0.0504. The fraction of sp³-hybridized carbons (Fsp3) is 0.933. The van der Waals surface area contributed by atoms with Crippen LogP contribution in [-0.4, -0.2) is 55.2 Å². The van der Waals surface area contributed by atoms with Crippen LogP contribution in [0.1, 0.15) is 41.0 Å². The average Bonchev–Trinajstić information content (AvgIpc) is 2.42. The van der Waals surface area contributed by atoms with Crippen LogP contribution >= 0.6 is 0 Å². The van der Waals surface area contributed by atoms with Crippen molar-refractivity contribution in [3.8, 4) is 0 Å². The van der Waals surface area contributed by atoms with E-state index in [0.29, 0.717) is 19.6 Å². The van der Waals surface area contributed by atoms with Crippen LogP contribution in [-0.2, 0) is 9.53 Å². The summed E-state index contributed by atoms with van der Waals surface area (Å²) in [5.41, 5.74) is 5.19. The lowest BCUT2D eigenvalue weighted by molar-refractivity contribution is -0.170. The van der Waals surface area contributed by atoms with Crippen LogP contribution in [0, 0.1) is 5.41 Å². The first-order chi connectivity index (χ1) is 9.33. The first-order valence-electron chi connectivity index (χ1n) is 7.74. The van der Waals surface area contributed by atoms with Crippen LogP contribution in [0.15, 0.2) is 0 Å². The number of nitrogens with one attached hydrogen (secondary N) is 1. The number of nitrogens with zero attached hydrogens (tertiary/aromatic N) is 1. The molecule has 0 radical (unpaired) electrons. The maximum Gasteiger partial charge on any atom is 0.240 e. The first-order valence-corrected chi connectivity index (χ1v) is 7.74. The molecule has 0 heterocycles. The third kappa shape index (κ3) is 3.15. The molecule has 1 aliphatic carbocycles. The molecule has 5 heteroatoms. The van der Waals surface area contributed by atoms with Gasteiger partial charge in [0.15, 0.2) is 0 Å². The van der Waals surface area contributed by atoms with Crippen molar-refractivity contribution in [2.75, 3.05) is 32.8 Å². The number of nitrogens with two attached hydrogens (primary N) is 1. The maximum absolute atomic E-state index is 12.4. The topological polar surface area (TPSA) is 67.6 Å². The Morgan fingerprint density at radius 1 is 1.35 bits per heavy atom. The van der Waals surface area contributed by atoms with Gasteiger partial charge in [-0.3, -0.25) is 4.79 Å². The van der Waals surface area contributed by atoms with Crippen molar-refractivity contribution in [3.63, 3.8) is 0 Å². The van der Waals surface area contributed by atoms with Gasteiger partial charge < -0.3 is 20.7 Å². The third-order valence-corrected chi connectivity index (χ3v) is 4.84. The summed E-state index contributed by atoms with van der Waals surface area (Å²) in [4.78, 5) is 14.6. The van der Waals surface area contributed by atoms with Crippen molar-refractivity contribution in [2.24, 2.45) is 11.1 Å². The van der Waals surface area contributed by atoms with Crippen molar-refractivity contribution < 1.29 is 9.53 Å². The molecule has 0 saturated heterocycles. The second kappa shape index (κ2) is 6.87. The van der Waals surface area contributed by atoms with Gasteiger partial charge in [0.25, 0.3) is 0 Å². The number of hydrogen-bond acceptors (Lipinski definition) is 4. The Kier molecular flexibility index (Phi) is 5.98. The van der Waals surface area contributed by atoms with Gasteiger partial charge >= 0.3 is 0 Å². The highest BCUT2D eigenvalue weighted by Crippen LogP contribution is 2.49. The molecular formula is C15H31N3O2. The van der Waals surface area contributed by atoms with Crippen LogP contribution in [0.5, 0.6) is 0 Å². The molecule has 118 valence electrons. The fourth-order valence-corrected chi connectivity index (χ4v) is 2.85. The summed E-state index contributed by atoms with van der Waals surface area (Å²) < 4.78 is 5.65. The van der Waals surface area contributed by atoms with Gasteiger partial charge in [-0.2, -0.15) is 0 Å². The van der Waals surface area contributed by atoms with E-state index in [2.05, 4.69) is 24.1 Å². The highest BCUT2D eigenvalue weighted by molar-refractivity contribution is 5.88. The number of rotatable bonds is 8. The van der Waals surface area contributed by atoms with Gasteiger partial charge in [0.2, 0.25) is 5.91 Å². The molecule has 3 N–H and O–H groups in total. The second-order valence-corrected chi connectivity index (χ2v) is 6.12. The predicted octanol–water partition coefficient (Wildman–Crippen LogP) is 0.977. The molecule has 20 heavy (non-hydrogen) atoms. The van der Waals surface area contributed by atoms with Crippen molar-refractivity contribution in [2.45, 2.75) is 52.7 Å². The van der Waals surface area contributed by atoms with Crippen LogP contribution in [0.2, 0.25) is 0 Å². The van der Waals surface area contributed by atoms with Crippen molar-refractivity contribution >= 4 is 5.91 Å². The molecule has 1 aliphatic rings. The summed E-state index contributed by atoms with van der Waals surface area (Å²) in [7, 11) is 0. The zero-order chi connectivity index (χ0) is 15.4. The van der Waals surface area contributed by atoms with Crippen LogP contribution in [0.3, 0.4) is 0 Å². The lowest BCUT2D eigenvalue weighted by atomic mass is 9.54. The Hall–Kier alpha value is -0.650. The normalized spacial score (nSPS) is 28.2. The standard InChI is InChI=1S/C15H31N3O2/c1-6-18(7-2)10-9-17-13(19)15(16)11-12(20-8-3)14(15,4)5/h12H,6-11,16H2,1-5H3,(H,17,19). The molecule has 2 atom stereocenters. The average molecular weight is 285 g/mol. The summed E-state index contributed by atoms with van der Waals surface area (Å²) in [6, 6.07) is 0. The molecule has 1 fully saturated rings. The van der Waals surface area contributed by atoms with Gasteiger partial charge in [0, 0.05) is 31.5 Å². The summed E-state index contributed by atoms with van der Waals surface area (Å²) in [6.45, 7) is 14.4. The van der Waals surface area contributed by atoms with Gasteiger partial charge in [0.05, 0.1) is 6.10 Å². The second-order valence-electron chi connectivity index (χ2n) is 6.12. The zero-order valence-electron chi connectivity index (χ0n) is 13.7. The molecule has 2 unspecified atom stereocenters. The lowest BCUT2D eigenvalue weighted by Crippen LogP contribution is -2.75. The van der Waals surface area contributed by atoms with Gasteiger partial charge in [-0.15, -0.1) is 0 Å². The number of carbonyl (C=O) groups is 1. The molecule has 1 saturated carbocycles. The van der Waals surface area contributed by atoms with Gasteiger partial charge in [-0.05, 0) is 20.0 Å². The van der Waals surface area contributed by atoms with E-state index in [9.17, 15) is 4.79 Å². The Balaban J connectivity index is 2.48. The molecule has 1 rings (SSSR count). The van der Waals surface area contributed by atoms with E-state index in [-0.39, 0.29) is 17.4 Å². The van der Waals surface area contributed by atoms with Gasteiger partial charge in [-0.25, -0.2) is 0 Å². The van der Waals surface area contributed by atoms with Gasteiger partial charge in [-0.1, -0.05) is 27.7 Å². The third-order valence-electron chi connectivity index (χ3n) is 4.84. The number of hydrogen-bond donors (Lipinski definition) is 2. The predicted molar refractivity (Wildman–Crippen MR) is 81.5 cm³/mol. The summed E-state index contributed by atoms with van der Waals surface area (Å²) in [5.74, 6) is -0.0504. The quantitative estimate of drug-likeness (QED) is 0.697. The van der Waals surface area contributed by atoms with Crippen LogP contribution < -0.4 is 11.1 Å². The van der Waals surface area contributed by atoms with E-state index in [4.69, 9.17) is 10.5 Å². The minimum atomic E-state index is -0.809. The maximum atomic E-state index is 12.4. The van der Waals surface area contributed by atoms with Crippen molar-refractivity contribution in [1.29, 1.82) is 0 Å². The van der Waals surface area contributed by atoms with E-state index in [1.807, 2.05) is 20.8 Å². The van der Waals surface area contributed by atoms with E-state index in [1.54, 1.807) is 0 Å². The van der Waals surface area contributed by atoms with E-state index in [1.165, 1.54) is 0 Å². The number of likely N-dealkylation sites (N-methyl/N-ethyl adjacent to an activating group) is 1. The molecule has 0 aromatic carbocycles. The lowest BCUT2D eigenvalue weighted by Gasteiger charge is -2.57. The monoisotopic (exact) mass is 285 g/mol. The molecule has 1 amide bonds. The Labute approximate surface area is 123 Å². The van der Waals surface area contributed by atoms with E-state index >= 15 is 0 Å². The summed E-state index contributed by atoms with van der Waals surface area (Å²) in [5, 5.41) is 2.98. The summed E-state index contributed by atoms with van der Waals surface area (Å²) in [6.07, 6.45) is 0.677. The molecular weight excluding hydrogens is 254 g/mol. The smallest absolute Gasteiger partial charge is 0.240 e. The highest BCUT2D eigenvalue weighted by atomic mass is 16.5. The van der Waals surface area contributed by atoms with E-state index < -0.39 is 5.54 Å². The van der Waals surface area contributed by atoms with Crippen molar-refractivity contribution in [3.05, 3.63) is 0 Å².